The summed E-state index contributed by atoms with van der Waals surface area (Å²) in [7, 11) is 0. The van der Waals surface area contributed by atoms with Gasteiger partial charge in [-0.05, 0) is 30.2 Å². The van der Waals surface area contributed by atoms with Crippen molar-refractivity contribution in [1.29, 1.82) is 5.26 Å². The first-order valence-electron chi connectivity index (χ1n) is 6.84. The zero-order valence-corrected chi connectivity index (χ0v) is 13.7. The Morgan fingerprint density at radius 3 is 2.45 bits per heavy atom. The average Bonchev–Trinajstić information content (AvgIpc) is 2.54. The minimum absolute atomic E-state index is 0.0784. The molecule has 0 spiro atoms. The highest BCUT2D eigenvalue weighted by molar-refractivity contribution is 9.10. The molecule has 2 rings (SSSR count). The van der Waals surface area contributed by atoms with Gasteiger partial charge in [0.25, 0.3) is 5.91 Å². The van der Waals surface area contributed by atoms with Gasteiger partial charge in [-0.2, -0.15) is 5.26 Å². The van der Waals surface area contributed by atoms with Gasteiger partial charge in [0, 0.05) is 4.47 Å². The van der Waals surface area contributed by atoms with Crippen LogP contribution in [0.15, 0.2) is 64.6 Å². The van der Waals surface area contributed by atoms with Gasteiger partial charge < -0.3 is 5.32 Å². The lowest BCUT2D eigenvalue weighted by Gasteiger charge is -2.13. The minimum Gasteiger partial charge on any atom is -0.345 e. The number of benzene rings is 2. The van der Waals surface area contributed by atoms with Gasteiger partial charge in [-0.1, -0.05) is 64.5 Å². The fourth-order valence-corrected chi connectivity index (χ4v) is 2.39. The summed E-state index contributed by atoms with van der Waals surface area (Å²) in [6.45, 7) is 1.89. The molecule has 2 aromatic rings. The van der Waals surface area contributed by atoms with Crippen LogP contribution in [0.2, 0.25) is 0 Å². The Labute approximate surface area is 138 Å². The molecule has 3 nitrogen and oxygen atoms in total. The summed E-state index contributed by atoms with van der Waals surface area (Å²) in [4.78, 5) is 12.3. The number of halogens is 1. The first-order valence-corrected chi connectivity index (χ1v) is 7.63. The zero-order valence-electron chi connectivity index (χ0n) is 12.1. The van der Waals surface area contributed by atoms with Crippen molar-refractivity contribution >= 4 is 27.9 Å². The van der Waals surface area contributed by atoms with E-state index in [0.29, 0.717) is 0 Å². The number of amides is 1. The zero-order chi connectivity index (χ0) is 15.9. The second-order valence-corrected chi connectivity index (χ2v) is 5.65. The van der Waals surface area contributed by atoms with E-state index in [4.69, 9.17) is 0 Å². The van der Waals surface area contributed by atoms with Crippen molar-refractivity contribution in [2.24, 2.45) is 0 Å². The molecule has 0 radical (unpaired) electrons. The monoisotopic (exact) mass is 354 g/mol. The standard InChI is InChI=1S/C18H15BrN2O/c1-13(14-7-3-2-4-8-14)21-18(22)16(12-20)11-15-9-5-6-10-17(15)19/h2-11,13H,1H3,(H,21,22). The van der Waals surface area contributed by atoms with Crippen LogP contribution in [0.1, 0.15) is 24.1 Å². The molecule has 0 saturated heterocycles. The third-order valence-corrected chi connectivity index (χ3v) is 3.94. The molecule has 0 aliphatic rings. The Morgan fingerprint density at radius 2 is 1.82 bits per heavy atom. The number of carbonyl (C=O) groups is 1. The molecule has 0 bridgehead atoms. The van der Waals surface area contributed by atoms with E-state index in [1.165, 1.54) is 0 Å². The first kappa shape index (κ1) is 16.0. The van der Waals surface area contributed by atoms with Crippen molar-refractivity contribution in [3.05, 3.63) is 75.8 Å². The summed E-state index contributed by atoms with van der Waals surface area (Å²) >= 11 is 3.40. The fraction of sp³-hybridized carbons (Fsp3) is 0.111. The number of rotatable bonds is 4. The van der Waals surface area contributed by atoms with Crippen LogP contribution >= 0.6 is 15.9 Å². The van der Waals surface area contributed by atoms with Crippen molar-refractivity contribution in [3.8, 4) is 6.07 Å². The van der Waals surface area contributed by atoms with Crippen LogP contribution < -0.4 is 5.32 Å². The van der Waals surface area contributed by atoms with E-state index in [9.17, 15) is 10.1 Å². The van der Waals surface area contributed by atoms with E-state index in [2.05, 4.69) is 21.2 Å². The molecule has 0 aliphatic carbocycles. The van der Waals surface area contributed by atoms with Gasteiger partial charge in [0.05, 0.1) is 6.04 Å². The number of hydrogen-bond donors (Lipinski definition) is 1. The van der Waals surface area contributed by atoms with Gasteiger partial charge in [-0.15, -0.1) is 0 Å². The molecule has 0 aromatic heterocycles. The summed E-state index contributed by atoms with van der Waals surface area (Å²) in [6.07, 6.45) is 1.58. The van der Waals surface area contributed by atoms with E-state index >= 15 is 0 Å². The lowest BCUT2D eigenvalue weighted by Crippen LogP contribution is -2.27. The number of nitriles is 1. The number of carbonyl (C=O) groups excluding carboxylic acids is 1. The normalized spacial score (nSPS) is 12.3. The molecule has 1 atom stereocenters. The molecular weight excluding hydrogens is 340 g/mol. The second-order valence-electron chi connectivity index (χ2n) is 4.80. The first-order chi connectivity index (χ1) is 10.6. The van der Waals surface area contributed by atoms with Gasteiger partial charge in [-0.3, -0.25) is 4.79 Å². The molecular formula is C18H15BrN2O. The molecule has 0 fully saturated rings. The van der Waals surface area contributed by atoms with Gasteiger partial charge in [0.1, 0.15) is 11.6 Å². The highest BCUT2D eigenvalue weighted by Gasteiger charge is 2.14. The predicted molar refractivity (Wildman–Crippen MR) is 90.7 cm³/mol. The third-order valence-electron chi connectivity index (χ3n) is 3.22. The van der Waals surface area contributed by atoms with Crippen LogP contribution in [0.5, 0.6) is 0 Å². The number of nitrogens with one attached hydrogen (secondary N) is 1. The molecule has 0 aliphatic heterocycles. The fourth-order valence-electron chi connectivity index (χ4n) is 2.00. The van der Waals surface area contributed by atoms with Gasteiger partial charge in [0.15, 0.2) is 0 Å². The van der Waals surface area contributed by atoms with Crippen molar-refractivity contribution in [2.45, 2.75) is 13.0 Å². The third kappa shape index (κ3) is 4.06. The lowest BCUT2D eigenvalue weighted by molar-refractivity contribution is -0.117. The van der Waals surface area contributed by atoms with Crippen LogP contribution in [0.4, 0.5) is 0 Å². The van der Waals surface area contributed by atoms with E-state index in [1.807, 2.05) is 67.6 Å². The Bertz CT molecular complexity index is 732. The Morgan fingerprint density at radius 1 is 1.18 bits per heavy atom. The smallest absolute Gasteiger partial charge is 0.262 e. The van der Waals surface area contributed by atoms with E-state index < -0.39 is 0 Å². The summed E-state index contributed by atoms with van der Waals surface area (Å²) in [6, 6.07) is 18.9. The highest BCUT2D eigenvalue weighted by atomic mass is 79.9. The van der Waals surface area contributed by atoms with Crippen LogP contribution in [0.25, 0.3) is 6.08 Å². The summed E-state index contributed by atoms with van der Waals surface area (Å²) in [5.74, 6) is -0.380. The number of hydrogen-bond acceptors (Lipinski definition) is 2. The van der Waals surface area contributed by atoms with Gasteiger partial charge in [0.2, 0.25) is 0 Å². The maximum Gasteiger partial charge on any atom is 0.262 e. The molecule has 110 valence electrons. The molecule has 1 N–H and O–H groups in total. The average molecular weight is 355 g/mol. The van der Waals surface area contributed by atoms with Gasteiger partial charge >= 0.3 is 0 Å². The SMILES string of the molecule is CC(NC(=O)C(C#N)=Cc1ccccc1Br)c1ccccc1. The van der Waals surface area contributed by atoms with Crippen LogP contribution in [0.3, 0.4) is 0 Å². The molecule has 1 unspecified atom stereocenters. The van der Waals surface area contributed by atoms with E-state index in [-0.39, 0.29) is 17.5 Å². The van der Waals surface area contributed by atoms with Crippen LogP contribution in [0, 0.1) is 11.3 Å². The maximum absolute atomic E-state index is 12.3. The summed E-state index contributed by atoms with van der Waals surface area (Å²) in [5.41, 5.74) is 1.87. The Hall–Kier alpha value is -2.38. The number of nitrogens with zero attached hydrogens (tertiary/aromatic N) is 1. The highest BCUT2D eigenvalue weighted by Crippen LogP contribution is 2.19. The topological polar surface area (TPSA) is 52.9 Å². The summed E-state index contributed by atoms with van der Waals surface area (Å²) < 4.78 is 0.839. The molecule has 2 aromatic carbocycles. The minimum atomic E-state index is -0.380. The van der Waals surface area contributed by atoms with E-state index in [0.717, 1.165) is 15.6 Å². The quantitative estimate of drug-likeness (QED) is 0.659. The Kier molecular flexibility index (Phi) is 5.51. The molecule has 1 amide bonds. The second kappa shape index (κ2) is 7.58. The molecule has 22 heavy (non-hydrogen) atoms. The molecule has 0 saturated carbocycles. The largest absolute Gasteiger partial charge is 0.345 e. The van der Waals surface area contributed by atoms with Crippen LogP contribution in [-0.4, -0.2) is 5.91 Å². The van der Waals surface area contributed by atoms with E-state index in [1.54, 1.807) is 6.08 Å². The van der Waals surface area contributed by atoms with Crippen molar-refractivity contribution in [2.75, 3.05) is 0 Å². The molecule has 4 heteroatoms. The van der Waals surface area contributed by atoms with Gasteiger partial charge in [-0.25, -0.2) is 0 Å². The maximum atomic E-state index is 12.3. The van der Waals surface area contributed by atoms with Crippen LogP contribution in [-0.2, 0) is 4.79 Å². The Balaban J connectivity index is 2.17. The van der Waals surface area contributed by atoms with Crippen molar-refractivity contribution in [3.63, 3.8) is 0 Å². The lowest BCUT2D eigenvalue weighted by atomic mass is 10.1. The van der Waals surface area contributed by atoms with Crippen molar-refractivity contribution in [1.82, 2.24) is 5.32 Å². The summed E-state index contributed by atoms with van der Waals surface area (Å²) in [5, 5.41) is 12.1. The van der Waals surface area contributed by atoms with Crippen molar-refractivity contribution < 1.29 is 4.79 Å². The predicted octanol–water partition coefficient (Wildman–Crippen LogP) is 4.23. The molecule has 0 heterocycles.